The van der Waals surface area contributed by atoms with Crippen molar-refractivity contribution < 1.29 is 13.6 Å². The van der Waals surface area contributed by atoms with Gasteiger partial charge in [-0.2, -0.15) is 0 Å². The minimum absolute atomic E-state index is 0.231. The number of aromatic nitrogens is 3. The summed E-state index contributed by atoms with van der Waals surface area (Å²) in [4.78, 5) is 22.7. The molecule has 0 aliphatic heterocycles. The van der Waals surface area contributed by atoms with E-state index >= 15 is 0 Å². The summed E-state index contributed by atoms with van der Waals surface area (Å²) in [5.74, 6) is -0.389. The van der Waals surface area contributed by atoms with E-state index in [1.165, 1.54) is 11.3 Å². The van der Waals surface area contributed by atoms with Crippen LogP contribution in [0.1, 0.15) is 35.9 Å². The molecule has 0 aliphatic carbocycles. The molecular weight excluding hydrogens is 336 g/mol. The summed E-state index contributed by atoms with van der Waals surface area (Å²) in [6.45, 7) is 3.73. The molecule has 126 valence electrons. The van der Waals surface area contributed by atoms with Crippen molar-refractivity contribution in [3.8, 4) is 0 Å². The van der Waals surface area contributed by atoms with Crippen LogP contribution < -0.4 is 10.6 Å². The molecule has 9 heteroatoms. The maximum Gasteiger partial charge on any atom is 0.319 e. The van der Waals surface area contributed by atoms with Gasteiger partial charge < -0.3 is 15.6 Å². The SMILES string of the molecule is Cc1csc([C@H](C)NC(=O)Nc2ccc3nc(C(F)F)[nH]c3c2)n1. The van der Waals surface area contributed by atoms with E-state index in [1.807, 2.05) is 19.2 Å². The van der Waals surface area contributed by atoms with Gasteiger partial charge in [-0.3, -0.25) is 0 Å². The minimum Gasteiger partial charge on any atom is -0.337 e. The fraction of sp³-hybridized carbons (Fsp3) is 0.267. The molecule has 6 nitrogen and oxygen atoms in total. The molecule has 1 atom stereocenters. The molecule has 0 unspecified atom stereocenters. The number of alkyl halides is 2. The predicted octanol–water partition coefficient (Wildman–Crippen LogP) is 4.15. The number of nitrogens with one attached hydrogen (secondary N) is 3. The van der Waals surface area contributed by atoms with Crippen LogP contribution in [0.25, 0.3) is 11.0 Å². The summed E-state index contributed by atoms with van der Waals surface area (Å²) < 4.78 is 25.3. The van der Waals surface area contributed by atoms with Gasteiger partial charge in [-0.25, -0.2) is 23.5 Å². The molecule has 2 heterocycles. The highest BCUT2D eigenvalue weighted by molar-refractivity contribution is 7.09. The van der Waals surface area contributed by atoms with E-state index < -0.39 is 12.5 Å². The lowest BCUT2D eigenvalue weighted by molar-refractivity contribution is 0.142. The van der Waals surface area contributed by atoms with Gasteiger partial charge in [0.1, 0.15) is 5.01 Å². The summed E-state index contributed by atoms with van der Waals surface area (Å²) in [5, 5.41) is 8.18. The summed E-state index contributed by atoms with van der Waals surface area (Å²) in [6.07, 6.45) is -2.67. The highest BCUT2D eigenvalue weighted by atomic mass is 32.1. The van der Waals surface area contributed by atoms with Crippen LogP contribution in [0.2, 0.25) is 0 Å². The Morgan fingerprint density at radius 1 is 1.33 bits per heavy atom. The maximum absolute atomic E-state index is 12.6. The Kier molecular flexibility index (Phi) is 4.43. The van der Waals surface area contributed by atoms with Crippen LogP contribution in [0.3, 0.4) is 0 Å². The number of halogens is 2. The lowest BCUT2D eigenvalue weighted by Gasteiger charge is -2.12. The van der Waals surface area contributed by atoms with Crippen molar-refractivity contribution in [2.45, 2.75) is 26.3 Å². The number of aromatic amines is 1. The Labute approximate surface area is 140 Å². The van der Waals surface area contributed by atoms with Crippen molar-refractivity contribution in [1.82, 2.24) is 20.3 Å². The third-order valence-corrected chi connectivity index (χ3v) is 4.46. The Bertz CT molecular complexity index is 876. The molecule has 0 bridgehead atoms. The number of hydrogen-bond acceptors (Lipinski definition) is 4. The largest absolute Gasteiger partial charge is 0.337 e. The van der Waals surface area contributed by atoms with Crippen molar-refractivity contribution in [3.63, 3.8) is 0 Å². The molecule has 3 N–H and O–H groups in total. The van der Waals surface area contributed by atoms with Gasteiger partial charge in [-0.1, -0.05) is 0 Å². The van der Waals surface area contributed by atoms with E-state index in [4.69, 9.17) is 0 Å². The first-order chi connectivity index (χ1) is 11.4. The summed E-state index contributed by atoms with van der Waals surface area (Å²) in [6, 6.07) is 4.11. The summed E-state index contributed by atoms with van der Waals surface area (Å²) in [5.41, 5.74) is 2.24. The number of aryl methyl sites for hydroxylation is 1. The van der Waals surface area contributed by atoms with Gasteiger partial charge in [-0.05, 0) is 32.0 Å². The zero-order valence-electron chi connectivity index (χ0n) is 12.9. The topological polar surface area (TPSA) is 82.7 Å². The molecule has 2 aromatic heterocycles. The van der Waals surface area contributed by atoms with E-state index in [2.05, 4.69) is 25.6 Å². The number of imidazole rings is 1. The number of fused-ring (bicyclic) bond motifs is 1. The number of urea groups is 1. The lowest BCUT2D eigenvalue weighted by Crippen LogP contribution is -2.31. The Morgan fingerprint density at radius 3 is 2.79 bits per heavy atom. The molecule has 0 fully saturated rings. The van der Waals surface area contributed by atoms with Crippen molar-refractivity contribution in [2.24, 2.45) is 0 Å². The minimum atomic E-state index is -2.67. The van der Waals surface area contributed by atoms with Crippen LogP contribution >= 0.6 is 11.3 Å². The molecule has 0 aliphatic rings. The van der Waals surface area contributed by atoms with Crippen LogP contribution in [0, 0.1) is 6.92 Å². The zero-order valence-corrected chi connectivity index (χ0v) is 13.7. The van der Waals surface area contributed by atoms with Crippen LogP contribution in [0.15, 0.2) is 23.6 Å². The standard InChI is InChI=1S/C15H15F2N5OS/c1-7-6-24-14(18-7)8(2)19-15(23)20-9-3-4-10-11(5-9)22-13(21-10)12(16)17/h3-6,8,12H,1-2H3,(H,21,22)(H2,19,20,23)/t8-/m0/s1. The molecular formula is C15H15F2N5OS. The number of thiazole rings is 1. The number of amides is 2. The molecule has 0 radical (unpaired) electrons. The monoisotopic (exact) mass is 351 g/mol. The van der Waals surface area contributed by atoms with Crippen LogP contribution in [-0.2, 0) is 0 Å². The van der Waals surface area contributed by atoms with E-state index in [0.717, 1.165) is 10.7 Å². The van der Waals surface area contributed by atoms with Gasteiger partial charge in [-0.15, -0.1) is 11.3 Å². The third-order valence-electron chi connectivity index (χ3n) is 3.32. The van der Waals surface area contributed by atoms with Crippen LogP contribution in [0.5, 0.6) is 0 Å². The van der Waals surface area contributed by atoms with Gasteiger partial charge in [0.05, 0.1) is 17.1 Å². The van der Waals surface area contributed by atoms with Gasteiger partial charge in [0.25, 0.3) is 6.43 Å². The van der Waals surface area contributed by atoms with E-state index in [-0.39, 0.29) is 11.9 Å². The van der Waals surface area contributed by atoms with Gasteiger partial charge in [0.2, 0.25) is 0 Å². The van der Waals surface area contributed by atoms with Crippen molar-refractivity contribution in [3.05, 3.63) is 40.1 Å². The first-order valence-corrected chi connectivity index (χ1v) is 8.07. The first-order valence-electron chi connectivity index (χ1n) is 7.19. The number of carbonyl (C=O) groups excluding carboxylic acids is 1. The fourth-order valence-electron chi connectivity index (χ4n) is 2.21. The fourth-order valence-corrected chi connectivity index (χ4v) is 3.01. The number of nitrogens with zero attached hydrogens (tertiary/aromatic N) is 2. The maximum atomic E-state index is 12.6. The molecule has 0 saturated carbocycles. The Hall–Kier alpha value is -2.55. The summed E-state index contributed by atoms with van der Waals surface area (Å²) in [7, 11) is 0. The lowest BCUT2D eigenvalue weighted by atomic mass is 10.3. The van der Waals surface area contributed by atoms with E-state index in [0.29, 0.717) is 16.7 Å². The number of benzene rings is 1. The highest BCUT2D eigenvalue weighted by Crippen LogP contribution is 2.22. The van der Waals surface area contributed by atoms with Gasteiger partial charge >= 0.3 is 6.03 Å². The molecule has 3 rings (SSSR count). The normalized spacial score (nSPS) is 12.5. The second-order valence-electron chi connectivity index (χ2n) is 5.30. The number of carbonyl (C=O) groups is 1. The van der Waals surface area contributed by atoms with E-state index in [1.54, 1.807) is 18.2 Å². The number of H-pyrrole nitrogens is 1. The van der Waals surface area contributed by atoms with E-state index in [9.17, 15) is 13.6 Å². The summed E-state index contributed by atoms with van der Waals surface area (Å²) >= 11 is 1.48. The average molecular weight is 351 g/mol. The molecule has 2 amide bonds. The molecule has 1 aromatic carbocycles. The average Bonchev–Trinajstić information content (AvgIpc) is 3.12. The quantitative estimate of drug-likeness (QED) is 0.660. The van der Waals surface area contributed by atoms with Crippen molar-refractivity contribution >= 4 is 34.1 Å². The first kappa shape index (κ1) is 16.3. The van der Waals surface area contributed by atoms with Gasteiger partial charge in [0, 0.05) is 16.8 Å². The molecule has 0 saturated heterocycles. The Morgan fingerprint density at radius 2 is 2.12 bits per heavy atom. The smallest absolute Gasteiger partial charge is 0.319 e. The number of rotatable bonds is 4. The number of anilines is 1. The molecule has 0 spiro atoms. The second-order valence-corrected chi connectivity index (χ2v) is 6.19. The predicted molar refractivity (Wildman–Crippen MR) is 88.5 cm³/mol. The van der Waals surface area contributed by atoms with Crippen LogP contribution in [0.4, 0.5) is 19.3 Å². The van der Waals surface area contributed by atoms with Crippen molar-refractivity contribution in [1.29, 1.82) is 0 Å². The second kappa shape index (κ2) is 6.52. The third kappa shape index (κ3) is 3.51. The van der Waals surface area contributed by atoms with Crippen molar-refractivity contribution in [2.75, 3.05) is 5.32 Å². The Balaban J connectivity index is 1.68. The van der Waals surface area contributed by atoms with Crippen LogP contribution in [-0.4, -0.2) is 21.0 Å². The molecule has 3 aromatic rings. The molecule has 24 heavy (non-hydrogen) atoms. The number of hydrogen-bond donors (Lipinski definition) is 3. The van der Waals surface area contributed by atoms with Gasteiger partial charge in [0.15, 0.2) is 5.82 Å². The highest BCUT2D eigenvalue weighted by Gasteiger charge is 2.15. The zero-order chi connectivity index (χ0) is 17.3.